The molecule has 2 aromatic heterocycles. The molecule has 0 atom stereocenters. The lowest BCUT2D eigenvalue weighted by molar-refractivity contribution is 0.795. The molecular formula is C14H18N6. The Balaban J connectivity index is 1.70. The predicted molar refractivity (Wildman–Crippen MR) is 77.7 cm³/mol. The summed E-state index contributed by atoms with van der Waals surface area (Å²) in [5.74, 6) is 1.73. The van der Waals surface area contributed by atoms with Crippen LogP contribution in [0.2, 0.25) is 0 Å². The third-order valence-corrected chi connectivity index (χ3v) is 3.20. The van der Waals surface area contributed by atoms with E-state index >= 15 is 0 Å². The molecule has 1 aliphatic carbocycles. The van der Waals surface area contributed by atoms with Crippen LogP contribution in [-0.2, 0) is 6.54 Å². The average Bonchev–Trinajstić information content (AvgIpc) is 3.14. The maximum atomic E-state index is 4.42. The van der Waals surface area contributed by atoms with Crippen LogP contribution < -0.4 is 10.6 Å². The van der Waals surface area contributed by atoms with Gasteiger partial charge in [-0.05, 0) is 18.9 Å². The van der Waals surface area contributed by atoms with Crippen LogP contribution >= 0.6 is 0 Å². The van der Waals surface area contributed by atoms with E-state index < -0.39 is 0 Å². The van der Waals surface area contributed by atoms with E-state index in [9.17, 15) is 0 Å². The molecule has 1 fully saturated rings. The van der Waals surface area contributed by atoms with Gasteiger partial charge in [-0.25, -0.2) is 9.97 Å². The van der Waals surface area contributed by atoms with Crippen LogP contribution in [0.3, 0.4) is 0 Å². The quantitative estimate of drug-likeness (QED) is 0.645. The van der Waals surface area contributed by atoms with Crippen LogP contribution in [-0.4, -0.2) is 33.6 Å². The Bertz CT molecular complexity index is 585. The molecule has 6 heteroatoms. The Kier molecular flexibility index (Phi) is 3.62. The fraction of sp³-hybridized carbons (Fsp3) is 0.357. The molecule has 2 heterocycles. The second kappa shape index (κ2) is 5.73. The maximum Gasteiger partial charge on any atom is 0.191 e. The van der Waals surface area contributed by atoms with Crippen LogP contribution in [0.1, 0.15) is 18.4 Å². The first-order chi connectivity index (χ1) is 9.86. The molecule has 1 aliphatic rings. The first kappa shape index (κ1) is 12.7. The van der Waals surface area contributed by atoms with Gasteiger partial charge in [-0.2, -0.15) is 0 Å². The van der Waals surface area contributed by atoms with Gasteiger partial charge in [-0.15, -0.1) is 0 Å². The molecule has 0 bridgehead atoms. The molecule has 2 N–H and O–H groups in total. The molecule has 0 radical (unpaired) electrons. The van der Waals surface area contributed by atoms with Gasteiger partial charge in [0.1, 0.15) is 12.1 Å². The van der Waals surface area contributed by atoms with Gasteiger partial charge in [0.2, 0.25) is 0 Å². The highest BCUT2D eigenvalue weighted by Crippen LogP contribution is 2.18. The van der Waals surface area contributed by atoms with E-state index in [1.807, 2.05) is 16.8 Å². The number of hydrogen-bond acceptors (Lipinski definition) is 3. The fourth-order valence-electron chi connectivity index (χ4n) is 1.98. The van der Waals surface area contributed by atoms with Crippen LogP contribution in [0, 0.1) is 0 Å². The molecule has 2 aromatic rings. The molecular weight excluding hydrogens is 252 g/mol. The van der Waals surface area contributed by atoms with Crippen LogP contribution in [0.25, 0.3) is 5.82 Å². The molecule has 0 aromatic carbocycles. The van der Waals surface area contributed by atoms with Crippen molar-refractivity contribution in [3.05, 3.63) is 42.6 Å². The average molecular weight is 270 g/mol. The lowest BCUT2D eigenvalue weighted by Gasteiger charge is -2.13. The Morgan fingerprint density at radius 3 is 3.05 bits per heavy atom. The summed E-state index contributed by atoms with van der Waals surface area (Å²) in [6.45, 7) is 0.674. The predicted octanol–water partition coefficient (Wildman–Crippen LogP) is 1.09. The molecule has 104 valence electrons. The highest BCUT2D eigenvalue weighted by molar-refractivity contribution is 5.80. The van der Waals surface area contributed by atoms with Gasteiger partial charge < -0.3 is 10.6 Å². The lowest BCUT2D eigenvalue weighted by atomic mass is 10.2. The largest absolute Gasteiger partial charge is 0.354 e. The van der Waals surface area contributed by atoms with Crippen molar-refractivity contribution >= 4 is 5.96 Å². The van der Waals surface area contributed by atoms with E-state index in [0.717, 1.165) is 17.3 Å². The van der Waals surface area contributed by atoms with Gasteiger partial charge >= 0.3 is 0 Å². The van der Waals surface area contributed by atoms with Gasteiger partial charge in [0, 0.05) is 43.8 Å². The van der Waals surface area contributed by atoms with Crippen molar-refractivity contribution in [1.82, 2.24) is 25.2 Å². The summed E-state index contributed by atoms with van der Waals surface area (Å²) in [6.07, 6.45) is 9.64. The number of pyridine rings is 1. The summed E-state index contributed by atoms with van der Waals surface area (Å²) in [7, 11) is 1.79. The third-order valence-electron chi connectivity index (χ3n) is 3.20. The normalized spacial score (nSPS) is 15.2. The first-order valence-electron chi connectivity index (χ1n) is 6.76. The standard InChI is InChI=1S/C14H18N6/c1-15-14(19-12-4-5-12)18-9-11-3-2-6-17-13(11)20-8-7-16-10-20/h2-3,6-8,10,12H,4-5,9H2,1H3,(H2,15,18,19). The molecule has 0 aliphatic heterocycles. The van der Waals surface area contributed by atoms with Crippen molar-refractivity contribution in [2.45, 2.75) is 25.4 Å². The number of nitrogens with zero attached hydrogens (tertiary/aromatic N) is 4. The number of nitrogens with one attached hydrogen (secondary N) is 2. The number of imidazole rings is 1. The van der Waals surface area contributed by atoms with Crippen molar-refractivity contribution in [3.8, 4) is 5.82 Å². The number of hydrogen-bond donors (Lipinski definition) is 2. The van der Waals surface area contributed by atoms with E-state index in [4.69, 9.17) is 0 Å². The molecule has 0 saturated heterocycles. The zero-order chi connectivity index (χ0) is 13.8. The summed E-state index contributed by atoms with van der Waals surface area (Å²) < 4.78 is 1.91. The molecule has 20 heavy (non-hydrogen) atoms. The van der Waals surface area contributed by atoms with Gasteiger partial charge in [-0.3, -0.25) is 9.56 Å². The van der Waals surface area contributed by atoms with Crippen molar-refractivity contribution in [1.29, 1.82) is 0 Å². The zero-order valence-corrected chi connectivity index (χ0v) is 11.5. The van der Waals surface area contributed by atoms with Crippen molar-refractivity contribution in [2.75, 3.05) is 7.05 Å². The summed E-state index contributed by atoms with van der Waals surface area (Å²) in [4.78, 5) is 12.7. The van der Waals surface area contributed by atoms with Gasteiger partial charge in [0.05, 0.1) is 0 Å². The molecule has 6 nitrogen and oxygen atoms in total. The minimum atomic E-state index is 0.586. The van der Waals surface area contributed by atoms with E-state index in [1.54, 1.807) is 25.8 Å². The van der Waals surface area contributed by atoms with Gasteiger partial charge in [0.25, 0.3) is 0 Å². The second-order valence-electron chi connectivity index (χ2n) is 4.80. The molecule has 0 unspecified atom stereocenters. The molecule has 3 rings (SSSR count). The Hall–Kier alpha value is -2.37. The zero-order valence-electron chi connectivity index (χ0n) is 11.5. The Morgan fingerprint density at radius 1 is 1.45 bits per heavy atom. The topological polar surface area (TPSA) is 67.1 Å². The van der Waals surface area contributed by atoms with Crippen molar-refractivity contribution in [2.24, 2.45) is 4.99 Å². The summed E-state index contributed by atoms with van der Waals surface area (Å²) in [5, 5.41) is 6.69. The lowest BCUT2D eigenvalue weighted by Crippen LogP contribution is -2.38. The van der Waals surface area contributed by atoms with Gasteiger partial charge in [0.15, 0.2) is 5.96 Å². The maximum absolute atomic E-state index is 4.42. The molecule has 1 saturated carbocycles. The van der Waals surface area contributed by atoms with Crippen molar-refractivity contribution < 1.29 is 0 Å². The van der Waals surface area contributed by atoms with Crippen molar-refractivity contribution in [3.63, 3.8) is 0 Å². The smallest absolute Gasteiger partial charge is 0.191 e. The number of aliphatic imine (C=N–C) groups is 1. The number of rotatable bonds is 4. The van der Waals surface area contributed by atoms with E-state index in [-0.39, 0.29) is 0 Å². The third kappa shape index (κ3) is 2.96. The summed E-state index contributed by atoms with van der Waals surface area (Å²) >= 11 is 0. The second-order valence-corrected chi connectivity index (χ2v) is 4.80. The minimum absolute atomic E-state index is 0.586. The Morgan fingerprint density at radius 2 is 2.35 bits per heavy atom. The molecule has 0 amide bonds. The van der Waals surface area contributed by atoms with E-state index in [0.29, 0.717) is 12.6 Å². The van der Waals surface area contributed by atoms with E-state index in [1.165, 1.54) is 12.8 Å². The number of aromatic nitrogens is 3. The van der Waals surface area contributed by atoms with Crippen LogP contribution in [0.15, 0.2) is 42.0 Å². The Labute approximate surface area is 118 Å². The minimum Gasteiger partial charge on any atom is -0.354 e. The van der Waals surface area contributed by atoms with E-state index in [2.05, 4.69) is 31.7 Å². The van der Waals surface area contributed by atoms with Gasteiger partial charge in [-0.1, -0.05) is 6.07 Å². The van der Waals surface area contributed by atoms with Crippen LogP contribution in [0.5, 0.6) is 0 Å². The first-order valence-corrected chi connectivity index (χ1v) is 6.76. The summed E-state index contributed by atoms with van der Waals surface area (Å²) in [5.41, 5.74) is 1.10. The molecule has 0 spiro atoms. The highest BCUT2D eigenvalue weighted by atomic mass is 15.2. The fourth-order valence-corrected chi connectivity index (χ4v) is 1.98. The number of guanidine groups is 1. The monoisotopic (exact) mass is 270 g/mol. The van der Waals surface area contributed by atoms with Crippen LogP contribution in [0.4, 0.5) is 0 Å². The SMILES string of the molecule is CN=C(NCc1cccnc1-n1ccnc1)NC1CC1. The highest BCUT2D eigenvalue weighted by Gasteiger charge is 2.22. The summed E-state index contributed by atoms with van der Waals surface area (Å²) in [6, 6.07) is 4.58.